The lowest BCUT2D eigenvalue weighted by Gasteiger charge is -2.02. The molecule has 2 rings (SSSR count). The first-order valence-corrected chi connectivity index (χ1v) is 6.05. The average Bonchev–Trinajstić information content (AvgIpc) is 2.67. The first-order valence-electron chi connectivity index (χ1n) is 6.05. The molecular formula is C14H17NO3. The molecule has 0 aliphatic heterocycles. The zero-order valence-electron chi connectivity index (χ0n) is 10.6. The van der Waals surface area contributed by atoms with Crippen molar-refractivity contribution in [3.8, 4) is 5.75 Å². The molecule has 0 bridgehead atoms. The van der Waals surface area contributed by atoms with E-state index in [1.807, 2.05) is 18.2 Å². The number of rotatable bonds is 5. The van der Waals surface area contributed by atoms with Crippen molar-refractivity contribution < 1.29 is 14.6 Å². The molecule has 0 aliphatic rings. The number of ether oxygens (including phenoxy) is 1. The summed E-state index contributed by atoms with van der Waals surface area (Å²) in [6.07, 6.45) is 1.89. The van der Waals surface area contributed by atoms with Crippen LogP contribution in [0.2, 0.25) is 0 Å². The second-order valence-electron chi connectivity index (χ2n) is 4.31. The predicted octanol–water partition coefficient (Wildman–Crippen LogP) is 2.76. The number of carboxylic acids is 1. The van der Waals surface area contributed by atoms with Crippen LogP contribution in [0.5, 0.6) is 5.75 Å². The molecule has 2 N–H and O–H groups in total. The Balaban J connectivity index is 2.57. The minimum atomic E-state index is -0.809. The molecule has 4 heteroatoms. The highest BCUT2D eigenvalue weighted by molar-refractivity contribution is 5.89. The summed E-state index contributed by atoms with van der Waals surface area (Å²) >= 11 is 0. The number of nitrogens with one attached hydrogen (secondary N) is 1. The van der Waals surface area contributed by atoms with Crippen LogP contribution in [0.15, 0.2) is 18.2 Å². The summed E-state index contributed by atoms with van der Waals surface area (Å²) in [6.45, 7) is 2.08. The van der Waals surface area contributed by atoms with Crippen LogP contribution in [-0.2, 0) is 17.6 Å². The summed E-state index contributed by atoms with van der Waals surface area (Å²) in [7, 11) is 1.61. The van der Waals surface area contributed by atoms with Gasteiger partial charge >= 0.3 is 5.97 Å². The summed E-state index contributed by atoms with van der Waals surface area (Å²) < 4.78 is 5.19. The number of aromatic nitrogens is 1. The van der Waals surface area contributed by atoms with Crippen molar-refractivity contribution in [1.82, 2.24) is 4.98 Å². The third-order valence-corrected chi connectivity index (χ3v) is 3.03. The standard InChI is InChI=1S/C14H17NO3/c1-3-4-12-11(8-14(16)17)10-7-9(18-2)5-6-13(10)15-12/h5-7,15H,3-4,8H2,1-2H3,(H,16,17). The first kappa shape index (κ1) is 12.5. The maximum atomic E-state index is 11.0. The fourth-order valence-electron chi connectivity index (χ4n) is 2.23. The molecule has 1 aromatic heterocycles. The van der Waals surface area contributed by atoms with E-state index in [0.717, 1.165) is 40.8 Å². The molecule has 1 heterocycles. The van der Waals surface area contributed by atoms with Crippen LogP contribution in [0, 0.1) is 0 Å². The summed E-state index contributed by atoms with van der Waals surface area (Å²) in [4.78, 5) is 14.3. The number of hydrogen-bond acceptors (Lipinski definition) is 2. The molecule has 0 saturated carbocycles. The van der Waals surface area contributed by atoms with Gasteiger partial charge in [-0.05, 0) is 30.2 Å². The van der Waals surface area contributed by atoms with Gasteiger partial charge in [0.2, 0.25) is 0 Å². The molecule has 0 aliphatic carbocycles. The zero-order valence-corrected chi connectivity index (χ0v) is 10.6. The molecule has 2 aromatic rings. The second kappa shape index (κ2) is 5.12. The molecule has 0 atom stereocenters. The number of aliphatic carboxylic acids is 1. The lowest BCUT2D eigenvalue weighted by atomic mass is 10.0. The second-order valence-corrected chi connectivity index (χ2v) is 4.31. The van der Waals surface area contributed by atoms with Crippen LogP contribution in [-0.4, -0.2) is 23.2 Å². The van der Waals surface area contributed by atoms with E-state index in [0.29, 0.717) is 0 Å². The van der Waals surface area contributed by atoms with Gasteiger partial charge < -0.3 is 14.8 Å². The number of benzene rings is 1. The molecule has 0 fully saturated rings. The Labute approximate surface area is 106 Å². The Bertz CT molecular complexity index is 572. The van der Waals surface area contributed by atoms with Gasteiger partial charge in [-0.2, -0.15) is 0 Å². The van der Waals surface area contributed by atoms with E-state index in [2.05, 4.69) is 11.9 Å². The minimum absolute atomic E-state index is 0.0441. The third-order valence-electron chi connectivity index (χ3n) is 3.03. The fraction of sp³-hybridized carbons (Fsp3) is 0.357. The van der Waals surface area contributed by atoms with E-state index < -0.39 is 5.97 Å². The van der Waals surface area contributed by atoms with Gasteiger partial charge in [-0.3, -0.25) is 4.79 Å². The molecule has 96 valence electrons. The summed E-state index contributed by atoms with van der Waals surface area (Å²) in [5, 5.41) is 9.96. The van der Waals surface area contributed by atoms with E-state index in [4.69, 9.17) is 9.84 Å². The van der Waals surface area contributed by atoms with E-state index in [-0.39, 0.29) is 6.42 Å². The number of carboxylic acid groups (broad SMARTS) is 1. The number of carbonyl (C=O) groups is 1. The smallest absolute Gasteiger partial charge is 0.307 e. The molecule has 0 unspecified atom stereocenters. The highest BCUT2D eigenvalue weighted by Gasteiger charge is 2.14. The fourth-order valence-corrected chi connectivity index (χ4v) is 2.23. The SMILES string of the molecule is CCCc1[nH]c2ccc(OC)cc2c1CC(=O)O. The van der Waals surface area contributed by atoms with Crippen molar-refractivity contribution in [2.24, 2.45) is 0 Å². The molecule has 1 aromatic carbocycles. The highest BCUT2D eigenvalue weighted by Crippen LogP contribution is 2.27. The first-order chi connectivity index (χ1) is 8.65. The van der Waals surface area contributed by atoms with Crippen molar-refractivity contribution in [1.29, 1.82) is 0 Å². The van der Waals surface area contributed by atoms with Gasteiger partial charge in [0.1, 0.15) is 5.75 Å². The van der Waals surface area contributed by atoms with Gasteiger partial charge in [0.05, 0.1) is 13.5 Å². The number of methoxy groups -OCH3 is 1. The Morgan fingerprint density at radius 1 is 1.44 bits per heavy atom. The summed E-state index contributed by atoms with van der Waals surface area (Å²) in [5.74, 6) is -0.0627. The Morgan fingerprint density at radius 3 is 2.83 bits per heavy atom. The van der Waals surface area contributed by atoms with Crippen molar-refractivity contribution in [3.63, 3.8) is 0 Å². The van der Waals surface area contributed by atoms with Crippen LogP contribution in [0.25, 0.3) is 10.9 Å². The van der Waals surface area contributed by atoms with Crippen molar-refractivity contribution in [2.45, 2.75) is 26.2 Å². The summed E-state index contributed by atoms with van der Waals surface area (Å²) in [6, 6.07) is 5.70. The molecular weight excluding hydrogens is 230 g/mol. The zero-order chi connectivity index (χ0) is 13.1. The largest absolute Gasteiger partial charge is 0.497 e. The molecule has 4 nitrogen and oxygen atoms in total. The molecule has 0 radical (unpaired) electrons. The molecule has 0 spiro atoms. The van der Waals surface area contributed by atoms with E-state index in [1.165, 1.54) is 0 Å². The maximum Gasteiger partial charge on any atom is 0.307 e. The number of aryl methyl sites for hydroxylation is 1. The predicted molar refractivity (Wildman–Crippen MR) is 70.2 cm³/mol. The van der Waals surface area contributed by atoms with Crippen LogP contribution >= 0.6 is 0 Å². The van der Waals surface area contributed by atoms with Gasteiger partial charge in [-0.1, -0.05) is 13.3 Å². The van der Waals surface area contributed by atoms with Gasteiger partial charge in [0.25, 0.3) is 0 Å². The lowest BCUT2D eigenvalue weighted by Crippen LogP contribution is -2.02. The van der Waals surface area contributed by atoms with Crippen LogP contribution < -0.4 is 4.74 Å². The van der Waals surface area contributed by atoms with Gasteiger partial charge in [0, 0.05) is 16.6 Å². The van der Waals surface area contributed by atoms with Crippen molar-refractivity contribution in [2.75, 3.05) is 7.11 Å². The minimum Gasteiger partial charge on any atom is -0.497 e. The van der Waals surface area contributed by atoms with Crippen LogP contribution in [0.3, 0.4) is 0 Å². The van der Waals surface area contributed by atoms with Crippen LogP contribution in [0.4, 0.5) is 0 Å². The Morgan fingerprint density at radius 2 is 2.22 bits per heavy atom. The molecule has 18 heavy (non-hydrogen) atoms. The van der Waals surface area contributed by atoms with Crippen molar-refractivity contribution >= 4 is 16.9 Å². The third kappa shape index (κ3) is 2.32. The van der Waals surface area contributed by atoms with Gasteiger partial charge in [0.15, 0.2) is 0 Å². The van der Waals surface area contributed by atoms with Crippen LogP contribution in [0.1, 0.15) is 24.6 Å². The van der Waals surface area contributed by atoms with E-state index in [9.17, 15) is 4.79 Å². The molecule has 0 amide bonds. The molecule has 0 saturated heterocycles. The van der Waals surface area contributed by atoms with E-state index in [1.54, 1.807) is 7.11 Å². The highest BCUT2D eigenvalue weighted by atomic mass is 16.5. The van der Waals surface area contributed by atoms with Gasteiger partial charge in [-0.25, -0.2) is 0 Å². The average molecular weight is 247 g/mol. The Hall–Kier alpha value is -1.97. The number of aromatic amines is 1. The van der Waals surface area contributed by atoms with E-state index >= 15 is 0 Å². The summed E-state index contributed by atoms with van der Waals surface area (Å²) in [5.41, 5.74) is 2.86. The quantitative estimate of drug-likeness (QED) is 0.854. The normalized spacial score (nSPS) is 10.8. The maximum absolute atomic E-state index is 11.0. The Kier molecular flexibility index (Phi) is 3.55. The lowest BCUT2D eigenvalue weighted by molar-refractivity contribution is -0.136. The van der Waals surface area contributed by atoms with Gasteiger partial charge in [-0.15, -0.1) is 0 Å². The monoisotopic (exact) mass is 247 g/mol. The van der Waals surface area contributed by atoms with Crippen molar-refractivity contribution in [3.05, 3.63) is 29.5 Å². The number of H-pyrrole nitrogens is 1. The topological polar surface area (TPSA) is 62.3 Å². The number of hydrogen-bond donors (Lipinski definition) is 2. The number of fused-ring (bicyclic) bond motifs is 1.